The lowest BCUT2D eigenvalue weighted by Gasteiger charge is -2.21. The monoisotopic (exact) mass is 403 g/mol. The Morgan fingerprint density at radius 2 is 1.67 bits per heavy atom. The predicted octanol–water partition coefficient (Wildman–Crippen LogP) is 4.72. The number of hydrogen-bond acceptors (Lipinski definition) is 4. The molecule has 3 aromatic rings. The van der Waals surface area contributed by atoms with Gasteiger partial charge in [0, 0.05) is 17.7 Å². The number of carbonyl (C=O) groups excluding carboxylic acids is 2. The molecule has 1 atom stereocenters. The zero-order chi connectivity index (χ0) is 21.2. The van der Waals surface area contributed by atoms with Gasteiger partial charge < -0.3 is 14.8 Å². The van der Waals surface area contributed by atoms with E-state index in [1.165, 1.54) is 0 Å². The van der Waals surface area contributed by atoms with Gasteiger partial charge >= 0.3 is 0 Å². The summed E-state index contributed by atoms with van der Waals surface area (Å²) in [6.45, 7) is 2.88. The first-order valence-corrected chi connectivity index (χ1v) is 9.96. The number of ether oxygens (including phenoxy) is 2. The standard InChI is InChI=1S/C25H25NO4/c1-2-15-26-25(28)24(21-11-7-4-8-12-21)30-23-16-20(17-27)13-14-22(23)29-18-19-9-5-3-6-10-19/h3-14,16-17,24H,2,15,18H2,1H3,(H,26,28). The van der Waals surface area contributed by atoms with E-state index in [0.29, 0.717) is 30.2 Å². The van der Waals surface area contributed by atoms with Gasteiger partial charge in [0.1, 0.15) is 12.9 Å². The minimum atomic E-state index is -0.862. The molecule has 0 aliphatic carbocycles. The summed E-state index contributed by atoms with van der Waals surface area (Å²) in [5.74, 6) is 0.568. The van der Waals surface area contributed by atoms with Gasteiger partial charge in [-0.1, -0.05) is 67.6 Å². The summed E-state index contributed by atoms with van der Waals surface area (Å²) in [7, 11) is 0. The first-order chi connectivity index (χ1) is 14.7. The van der Waals surface area contributed by atoms with Crippen LogP contribution in [0.15, 0.2) is 78.9 Å². The average molecular weight is 403 g/mol. The molecule has 0 bridgehead atoms. The fourth-order valence-electron chi connectivity index (χ4n) is 2.91. The summed E-state index contributed by atoms with van der Waals surface area (Å²) < 4.78 is 12.1. The number of rotatable bonds is 10. The van der Waals surface area contributed by atoms with E-state index in [4.69, 9.17) is 9.47 Å². The summed E-state index contributed by atoms with van der Waals surface area (Å²) in [6, 6.07) is 24.0. The van der Waals surface area contributed by atoms with E-state index in [1.54, 1.807) is 18.2 Å². The number of aldehydes is 1. The lowest BCUT2D eigenvalue weighted by molar-refractivity contribution is -0.128. The first kappa shape index (κ1) is 21.1. The van der Waals surface area contributed by atoms with E-state index in [1.807, 2.05) is 67.6 Å². The molecular formula is C25H25NO4. The largest absolute Gasteiger partial charge is 0.485 e. The maximum Gasteiger partial charge on any atom is 0.265 e. The zero-order valence-electron chi connectivity index (χ0n) is 16.9. The van der Waals surface area contributed by atoms with Crippen molar-refractivity contribution >= 4 is 12.2 Å². The van der Waals surface area contributed by atoms with Crippen molar-refractivity contribution in [3.05, 3.63) is 95.6 Å². The molecule has 1 amide bonds. The third kappa shape index (κ3) is 5.70. The van der Waals surface area contributed by atoms with Crippen molar-refractivity contribution in [2.45, 2.75) is 26.1 Å². The van der Waals surface area contributed by atoms with E-state index in [9.17, 15) is 9.59 Å². The Bertz CT molecular complexity index is 957. The van der Waals surface area contributed by atoms with Gasteiger partial charge in [-0.15, -0.1) is 0 Å². The highest BCUT2D eigenvalue weighted by Gasteiger charge is 2.24. The second-order valence-electron chi connectivity index (χ2n) is 6.80. The normalized spacial score (nSPS) is 11.4. The molecule has 0 radical (unpaired) electrons. The molecule has 0 aromatic heterocycles. The maximum atomic E-state index is 12.8. The van der Waals surface area contributed by atoms with Gasteiger partial charge in [0.2, 0.25) is 6.10 Å². The third-order valence-corrected chi connectivity index (χ3v) is 4.48. The predicted molar refractivity (Wildman–Crippen MR) is 116 cm³/mol. The SMILES string of the molecule is CCCNC(=O)C(Oc1cc(C=O)ccc1OCc1ccccc1)c1ccccc1. The summed E-state index contributed by atoms with van der Waals surface area (Å²) in [6.07, 6.45) is 0.695. The molecule has 5 heteroatoms. The second-order valence-corrected chi connectivity index (χ2v) is 6.80. The van der Waals surface area contributed by atoms with Crippen LogP contribution in [0.4, 0.5) is 0 Å². The highest BCUT2D eigenvalue weighted by atomic mass is 16.5. The van der Waals surface area contributed by atoms with Crippen LogP contribution in [0.25, 0.3) is 0 Å². The van der Waals surface area contributed by atoms with Crippen molar-refractivity contribution in [1.29, 1.82) is 0 Å². The van der Waals surface area contributed by atoms with Gasteiger partial charge in [0.25, 0.3) is 5.91 Å². The van der Waals surface area contributed by atoms with Crippen molar-refractivity contribution < 1.29 is 19.1 Å². The van der Waals surface area contributed by atoms with Crippen LogP contribution in [0.1, 0.15) is 40.9 Å². The molecule has 3 aromatic carbocycles. The smallest absolute Gasteiger partial charge is 0.265 e. The molecule has 1 unspecified atom stereocenters. The van der Waals surface area contributed by atoms with Crippen LogP contribution in [0.5, 0.6) is 11.5 Å². The number of amides is 1. The molecular weight excluding hydrogens is 378 g/mol. The van der Waals surface area contributed by atoms with Crippen LogP contribution in [0, 0.1) is 0 Å². The summed E-state index contributed by atoms with van der Waals surface area (Å²) in [4.78, 5) is 24.1. The quantitative estimate of drug-likeness (QED) is 0.497. The van der Waals surface area contributed by atoms with Gasteiger partial charge in [0.15, 0.2) is 11.5 Å². The minimum absolute atomic E-state index is 0.242. The summed E-state index contributed by atoms with van der Waals surface area (Å²) >= 11 is 0. The molecule has 0 spiro atoms. The Kier molecular flexibility index (Phi) is 7.61. The maximum absolute atomic E-state index is 12.8. The van der Waals surface area contributed by atoms with Crippen LogP contribution >= 0.6 is 0 Å². The molecule has 154 valence electrons. The highest BCUT2D eigenvalue weighted by molar-refractivity contribution is 5.83. The van der Waals surface area contributed by atoms with Gasteiger partial charge in [-0.3, -0.25) is 9.59 Å². The number of carbonyl (C=O) groups is 2. The van der Waals surface area contributed by atoms with Crippen LogP contribution in [0.2, 0.25) is 0 Å². The fourth-order valence-corrected chi connectivity index (χ4v) is 2.91. The van der Waals surface area contributed by atoms with Crippen molar-refractivity contribution in [3.63, 3.8) is 0 Å². The fraction of sp³-hybridized carbons (Fsp3) is 0.200. The lowest BCUT2D eigenvalue weighted by atomic mass is 10.1. The van der Waals surface area contributed by atoms with Crippen LogP contribution in [-0.2, 0) is 11.4 Å². The van der Waals surface area contributed by atoms with Gasteiger partial charge in [0.05, 0.1) is 0 Å². The molecule has 0 aliphatic heterocycles. The Labute approximate surface area is 176 Å². The van der Waals surface area contributed by atoms with Crippen molar-refractivity contribution in [3.8, 4) is 11.5 Å². The second kappa shape index (κ2) is 10.8. The van der Waals surface area contributed by atoms with Crippen molar-refractivity contribution in [1.82, 2.24) is 5.32 Å². The molecule has 0 saturated carbocycles. The van der Waals surface area contributed by atoms with Crippen molar-refractivity contribution in [2.75, 3.05) is 6.54 Å². The minimum Gasteiger partial charge on any atom is -0.485 e. The molecule has 1 N–H and O–H groups in total. The van der Waals surface area contributed by atoms with E-state index in [-0.39, 0.29) is 5.91 Å². The van der Waals surface area contributed by atoms with E-state index >= 15 is 0 Å². The van der Waals surface area contributed by atoms with Crippen LogP contribution in [-0.4, -0.2) is 18.7 Å². The molecule has 0 heterocycles. The van der Waals surface area contributed by atoms with Gasteiger partial charge in [-0.2, -0.15) is 0 Å². The molecule has 5 nitrogen and oxygen atoms in total. The Hall–Kier alpha value is -3.60. The van der Waals surface area contributed by atoms with Crippen LogP contribution in [0.3, 0.4) is 0 Å². The topological polar surface area (TPSA) is 64.6 Å². The number of nitrogens with one attached hydrogen (secondary N) is 1. The molecule has 30 heavy (non-hydrogen) atoms. The first-order valence-electron chi connectivity index (χ1n) is 9.96. The number of hydrogen-bond donors (Lipinski definition) is 1. The summed E-state index contributed by atoms with van der Waals surface area (Å²) in [5.41, 5.74) is 2.16. The zero-order valence-corrected chi connectivity index (χ0v) is 16.9. The number of benzene rings is 3. The molecule has 3 rings (SSSR count). The van der Waals surface area contributed by atoms with Crippen molar-refractivity contribution in [2.24, 2.45) is 0 Å². The van der Waals surface area contributed by atoms with Crippen LogP contribution < -0.4 is 14.8 Å². The van der Waals surface area contributed by atoms with E-state index < -0.39 is 6.10 Å². The Morgan fingerprint density at radius 3 is 2.33 bits per heavy atom. The van der Waals surface area contributed by atoms with E-state index in [2.05, 4.69) is 5.32 Å². The van der Waals surface area contributed by atoms with Gasteiger partial charge in [-0.25, -0.2) is 0 Å². The molecule has 0 aliphatic rings. The Balaban J connectivity index is 1.88. The summed E-state index contributed by atoms with van der Waals surface area (Å²) in [5, 5.41) is 2.88. The lowest BCUT2D eigenvalue weighted by Crippen LogP contribution is -2.33. The average Bonchev–Trinajstić information content (AvgIpc) is 2.81. The van der Waals surface area contributed by atoms with E-state index in [0.717, 1.165) is 23.8 Å². The molecule has 0 fully saturated rings. The van der Waals surface area contributed by atoms with Gasteiger partial charge in [-0.05, 0) is 30.2 Å². The highest BCUT2D eigenvalue weighted by Crippen LogP contribution is 2.33. The Morgan fingerprint density at radius 1 is 0.967 bits per heavy atom. The third-order valence-electron chi connectivity index (χ3n) is 4.48. The molecule has 0 saturated heterocycles.